The molecule has 0 saturated heterocycles. The molecule has 3 unspecified atom stereocenters. The van der Waals surface area contributed by atoms with E-state index in [1.54, 1.807) is 12.1 Å². The van der Waals surface area contributed by atoms with Crippen molar-refractivity contribution in [3.63, 3.8) is 0 Å². The average Bonchev–Trinajstić information content (AvgIpc) is 3.44. The topological polar surface area (TPSA) is 73.6 Å². The van der Waals surface area contributed by atoms with Gasteiger partial charge in [-0.25, -0.2) is 9.18 Å². The van der Waals surface area contributed by atoms with Crippen molar-refractivity contribution < 1.29 is 27.9 Å². The second kappa shape index (κ2) is 8.44. The number of rotatable bonds is 4. The van der Waals surface area contributed by atoms with Crippen LogP contribution in [-0.2, 0) is 14.3 Å². The predicted octanol–water partition coefficient (Wildman–Crippen LogP) is 6.06. The van der Waals surface area contributed by atoms with Crippen molar-refractivity contribution >= 4 is 52.3 Å². The number of ketones is 2. The molecule has 4 aliphatic carbocycles. The molecule has 0 N–H and O–H groups in total. The van der Waals surface area contributed by atoms with Gasteiger partial charge in [-0.05, 0) is 61.0 Å². The van der Waals surface area contributed by atoms with Gasteiger partial charge in [0.2, 0.25) is 5.76 Å². The third-order valence-corrected chi connectivity index (χ3v) is 11.4. The zero-order valence-electron chi connectivity index (χ0n) is 20.2. The first kappa shape index (κ1) is 26.0. The molecule has 0 bridgehead atoms. The largest absolute Gasteiger partial charge is 0.457 e. The summed E-state index contributed by atoms with van der Waals surface area (Å²) in [5.74, 6) is -3.02. The fourth-order valence-electron chi connectivity index (χ4n) is 8.02. The normalized spacial score (nSPS) is 45.4. The summed E-state index contributed by atoms with van der Waals surface area (Å²) in [6.45, 7) is 5.57. The van der Waals surface area contributed by atoms with E-state index in [4.69, 9.17) is 44.0 Å². The maximum atomic E-state index is 15.8. The molecule has 0 amide bonds. The van der Waals surface area contributed by atoms with Gasteiger partial charge in [-0.2, -0.15) is 0 Å². The molecule has 0 aliphatic heterocycles. The van der Waals surface area contributed by atoms with Crippen molar-refractivity contribution in [3.05, 3.63) is 48.0 Å². The monoisotopic (exact) mass is 556 g/mol. The van der Waals surface area contributed by atoms with Crippen LogP contribution in [0.1, 0.15) is 50.6 Å². The molecule has 3 saturated carbocycles. The minimum Gasteiger partial charge on any atom is -0.457 e. The minimum atomic E-state index is -1.59. The number of carbonyl (C=O) groups is 3. The van der Waals surface area contributed by atoms with Crippen molar-refractivity contribution in [2.75, 3.05) is 5.88 Å². The third kappa shape index (κ3) is 3.10. The Bertz CT molecular complexity index is 1180. The van der Waals surface area contributed by atoms with Crippen molar-refractivity contribution in [2.24, 2.45) is 28.6 Å². The van der Waals surface area contributed by atoms with E-state index in [0.29, 0.717) is 12.0 Å². The minimum absolute atomic E-state index is 0.0262. The second-order valence-electron chi connectivity index (χ2n) is 11.1. The lowest BCUT2D eigenvalue weighted by Crippen LogP contribution is -2.69. The Balaban J connectivity index is 1.64. The van der Waals surface area contributed by atoms with Gasteiger partial charge < -0.3 is 9.15 Å². The molecule has 1 heterocycles. The number of hydrogen-bond donors (Lipinski definition) is 0. The summed E-state index contributed by atoms with van der Waals surface area (Å²) < 4.78 is 27.1. The molecule has 0 aromatic carbocycles. The van der Waals surface area contributed by atoms with E-state index in [1.807, 2.05) is 20.8 Å². The van der Waals surface area contributed by atoms with Crippen molar-refractivity contribution in [3.8, 4) is 0 Å². The molecule has 3 fully saturated rings. The Morgan fingerprint density at radius 3 is 2.61 bits per heavy atom. The molecular formula is C27H28Cl3FO5. The van der Waals surface area contributed by atoms with Gasteiger partial charge in [-0.1, -0.05) is 26.8 Å². The number of halogens is 4. The predicted molar refractivity (Wildman–Crippen MR) is 134 cm³/mol. The standard InChI is InChI=1S/C27H28Cl3FO5/c1-14-9-16-17-11-19(31)18-10-15(32)6-7-24(18,2)26(17,30)21(29)12-25(16,3)27(14,22(33)13-28)36-23(34)20-5-4-8-35-20/h4-8,10,14,16-17,19,21H,9,11-13H2,1-3H3/t14?,16-,17-,19?,21?,24-,25-,26-,27-/m0/s1. The van der Waals surface area contributed by atoms with E-state index in [2.05, 4.69) is 0 Å². The first-order chi connectivity index (χ1) is 16.9. The Morgan fingerprint density at radius 2 is 1.97 bits per heavy atom. The van der Waals surface area contributed by atoms with E-state index >= 15 is 4.39 Å². The molecule has 9 atom stereocenters. The summed E-state index contributed by atoms with van der Waals surface area (Å²) in [4.78, 5) is 37.7. The van der Waals surface area contributed by atoms with Crippen LogP contribution in [0.5, 0.6) is 0 Å². The Kier molecular flexibility index (Phi) is 6.09. The van der Waals surface area contributed by atoms with Crippen LogP contribution in [0, 0.1) is 28.6 Å². The van der Waals surface area contributed by atoms with Gasteiger partial charge in [0, 0.05) is 16.7 Å². The van der Waals surface area contributed by atoms with Gasteiger partial charge in [0.25, 0.3) is 0 Å². The van der Waals surface area contributed by atoms with Gasteiger partial charge in [0.15, 0.2) is 17.2 Å². The molecule has 1 aromatic heterocycles. The fraction of sp³-hybridized carbons (Fsp3) is 0.593. The summed E-state index contributed by atoms with van der Waals surface area (Å²) in [5, 5.41) is -0.723. The van der Waals surface area contributed by atoms with Crippen LogP contribution in [0.25, 0.3) is 0 Å². The number of hydrogen-bond acceptors (Lipinski definition) is 5. The van der Waals surface area contributed by atoms with E-state index < -0.39 is 56.4 Å². The van der Waals surface area contributed by atoms with Gasteiger partial charge in [0.05, 0.1) is 22.4 Å². The van der Waals surface area contributed by atoms with Crippen molar-refractivity contribution in [2.45, 2.75) is 62.1 Å². The number of ether oxygens (including phenoxy) is 1. The third-order valence-electron chi connectivity index (χ3n) is 9.64. The van der Waals surface area contributed by atoms with Crippen LogP contribution in [0.3, 0.4) is 0 Å². The molecule has 194 valence electrons. The molecule has 0 radical (unpaired) electrons. The first-order valence-electron chi connectivity index (χ1n) is 12.1. The zero-order valence-corrected chi connectivity index (χ0v) is 22.5. The van der Waals surface area contributed by atoms with E-state index in [9.17, 15) is 14.4 Å². The number of allylic oxidation sites excluding steroid dienone is 4. The SMILES string of the molecule is CC1C[C@H]2[C@@H]3CC(F)C4=CC(=O)C=C[C@]4(C)[C@@]3(Cl)C(Cl)C[C@]2(C)[C@@]1(OC(=O)c1ccco1)C(=O)CCl. The Labute approximate surface area is 224 Å². The van der Waals surface area contributed by atoms with Crippen LogP contribution >= 0.6 is 34.8 Å². The van der Waals surface area contributed by atoms with Crippen LogP contribution < -0.4 is 0 Å². The van der Waals surface area contributed by atoms with Crippen LogP contribution in [-0.4, -0.2) is 45.4 Å². The van der Waals surface area contributed by atoms with E-state index in [0.717, 1.165) is 0 Å². The quantitative estimate of drug-likeness (QED) is 0.332. The number of furan rings is 1. The average molecular weight is 558 g/mol. The van der Waals surface area contributed by atoms with Gasteiger partial charge >= 0.3 is 5.97 Å². The van der Waals surface area contributed by atoms with Crippen molar-refractivity contribution in [1.29, 1.82) is 0 Å². The van der Waals surface area contributed by atoms with Crippen LogP contribution in [0.4, 0.5) is 4.39 Å². The molecule has 4 aliphatic rings. The highest BCUT2D eigenvalue weighted by Crippen LogP contribution is 2.73. The number of esters is 1. The molecule has 36 heavy (non-hydrogen) atoms. The smallest absolute Gasteiger partial charge is 0.375 e. The number of carbonyl (C=O) groups excluding carboxylic acids is 3. The second-order valence-corrected chi connectivity index (χ2v) is 12.5. The highest BCUT2D eigenvalue weighted by Gasteiger charge is 2.77. The molecule has 5 rings (SSSR count). The molecule has 9 heteroatoms. The van der Waals surface area contributed by atoms with Gasteiger partial charge in [-0.3, -0.25) is 9.59 Å². The maximum absolute atomic E-state index is 15.8. The highest BCUT2D eigenvalue weighted by molar-refractivity contribution is 6.34. The summed E-state index contributed by atoms with van der Waals surface area (Å²) >= 11 is 20.7. The highest BCUT2D eigenvalue weighted by atomic mass is 35.5. The number of fused-ring (bicyclic) bond motifs is 5. The summed E-state index contributed by atoms with van der Waals surface area (Å²) in [6, 6.07) is 3.03. The van der Waals surface area contributed by atoms with E-state index in [-0.39, 0.29) is 36.2 Å². The van der Waals surface area contributed by atoms with Crippen LogP contribution in [0.2, 0.25) is 0 Å². The lowest BCUT2D eigenvalue weighted by atomic mass is 9.46. The lowest BCUT2D eigenvalue weighted by molar-refractivity contribution is -0.165. The van der Waals surface area contributed by atoms with Crippen LogP contribution in [0.15, 0.2) is 46.6 Å². The fourth-order valence-corrected chi connectivity index (χ4v) is 9.42. The zero-order chi connectivity index (χ0) is 26.3. The maximum Gasteiger partial charge on any atom is 0.375 e. The number of alkyl halides is 4. The summed E-state index contributed by atoms with van der Waals surface area (Å²) in [7, 11) is 0. The van der Waals surface area contributed by atoms with Crippen molar-refractivity contribution in [1.82, 2.24) is 0 Å². The van der Waals surface area contributed by atoms with E-state index in [1.165, 1.54) is 24.5 Å². The molecule has 1 aromatic rings. The van der Waals surface area contributed by atoms with Gasteiger partial charge in [0.1, 0.15) is 6.17 Å². The Morgan fingerprint density at radius 1 is 1.25 bits per heavy atom. The summed E-state index contributed by atoms with van der Waals surface area (Å²) in [6.07, 6.45) is 5.16. The first-order valence-corrected chi connectivity index (χ1v) is 13.5. The van der Waals surface area contributed by atoms with Gasteiger partial charge in [-0.15, -0.1) is 34.8 Å². The number of Topliss-reactive ketones (excluding diaryl/α,β-unsaturated/α-hetero) is 1. The Hall–Kier alpha value is -1.63. The molecule has 5 nitrogen and oxygen atoms in total. The lowest BCUT2D eigenvalue weighted by Gasteiger charge is -2.64. The molecular weight excluding hydrogens is 530 g/mol. The molecule has 0 spiro atoms. The summed E-state index contributed by atoms with van der Waals surface area (Å²) in [5.41, 5.74) is -3.19.